The van der Waals surface area contributed by atoms with Gasteiger partial charge in [0.1, 0.15) is 0 Å². The fourth-order valence-electron chi connectivity index (χ4n) is 2.93. The third kappa shape index (κ3) is 5.13. The summed E-state index contributed by atoms with van der Waals surface area (Å²) >= 11 is 0. The fraction of sp³-hybridized carbons (Fsp3) is 0.318. The number of anilines is 1. The standard InChI is InChI=1S/C22H23NO6/c1-3-4-5-15-6-8-16(9-7-15)22(26)27-12-21(25)23-18-11-20-19(28-13-29-20)10-17(18)14(2)24/h6-11H,3-5,12-13H2,1-2H3,(H,23,25). The Bertz CT molecular complexity index is 920. The first-order valence-corrected chi connectivity index (χ1v) is 9.48. The molecule has 0 saturated carbocycles. The Labute approximate surface area is 169 Å². The maximum Gasteiger partial charge on any atom is 0.338 e. The second-order valence-corrected chi connectivity index (χ2v) is 6.73. The van der Waals surface area contributed by atoms with Gasteiger partial charge in [-0.3, -0.25) is 9.59 Å². The third-order valence-corrected chi connectivity index (χ3v) is 4.51. The molecule has 29 heavy (non-hydrogen) atoms. The van der Waals surface area contributed by atoms with E-state index in [4.69, 9.17) is 14.2 Å². The van der Waals surface area contributed by atoms with Crippen LogP contribution in [0.25, 0.3) is 0 Å². The zero-order valence-corrected chi connectivity index (χ0v) is 16.4. The van der Waals surface area contributed by atoms with Crippen molar-refractivity contribution in [2.75, 3.05) is 18.7 Å². The molecule has 0 radical (unpaired) electrons. The summed E-state index contributed by atoms with van der Waals surface area (Å²) < 4.78 is 15.6. The number of benzene rings is 2. The minimum Gasteiger partial charge on any atom is -0.454 e. The van der Waals surface area contributed by atoms with E-state index >= 15 is 0 Å². The van der Waals surface area contributed by atoms with E-state index in [1.165, 1.54) is 19.1 Å². The summed E-state index contributed by atoms with van der Waals surface area (Å²) in [5.41, 5.74) is 2.10. The summed E-state index contributed by atoms with van der Waals surface area (Å²) in [6, 6.07) is 10.2. The Kier molecular flexibility index (Phi) is 6.49. The van der Waals surface area contributed by atoms with Gasteiger partial charge < -0.3 is 19.5 Å². The first-order valence-electron chi connectivity index (χ1n) is 9.48. The van der Waals surface area contributed by atoms with E-state index < -0.39 is 18.5 Å². The first kappa shape index (κ1) is 20.4. The molecule has 3 rings (SSSR count). The molecule has 0 aliphatic carbocycles. The average molecular weight is 397 g/mol. The van der Waals surface area contributed by atoms with Crippen molar-refractivity contribution in [3.8, 4) is 11.5 Å². The summed E-state index contributed by atoms with van der Waals surface area (Å²) in [4.78, 5) is 36.2. The van der Waals surface area contributed by atoms with Gasteiger partial charge >= 0.3 is 5.97 Å². The highest BCUT2D eigenvalue weighted by atomic mass is 16.7. The monoisotopic (exact) mass is 397 g/mol. The molecule has 0 bridgehead atoms. The van der Waals surface area contributed by atoms with E-state index in [0.29, 0.717) is 17.1 Å². The normalized spacial score (nSPS) is 11.8. The van der Waals surface area contributed by atoms with Gasteiger partial charge in [-0.15, -0.1) is 0 Å². The number of esters is 1. The van der Waals surface area contributed by atoms with Crippen LogP contribution >= 0.6 is 0 Å². The number of unbranched alkanes of at least 4 members (excludes halogenated alkanes) is 1. The number of amides is 1. The number of fused-ring (bicyclic) bond motifs is 1. The highest BCUT2D eigenvalue weighted by Crippen LogP contribution is 2.37. The van der Waals surface area contributed by atoms with Crippen LogP contribution in [0.4, 0.5) is 5.69 Å². The molecule has 1 N–H and O–H groups in total. The van der Waals surface area contributed by atoms with Crippen molar-refractivity contribution in [3.05, 3.63) is 53.1 Å². The fourth-order valence-corrected chi connectivity index (χ4v) is 2.93. The Morgan fingerprint density at radius 3 is 2.41 bits per heavy atom. The molecule has 1 aliphatic rings. The number of nitrogens with one attached hydrogen (secondary N) is 1. The zero-order valence-electron chi connectivity index (χ0n) is 16.4. The Balaban J connectivity index is 1.59. The van der Waals surface area contributed by atoms with E-state index in [9.17, 15) is 14.4 Å². The van der Waals surface area contributed by atoms with Gasteiger partial charge in [0.25, 0.3) is 5.91 Å². The van der Waals surface area contributed by atoms with E-state index in [1.54, 1.807) is 12.1 Å². The minimum absolute atomic E-state index is 0.0545. The molecule has 0 aromatic heterocycles. The van der Waals surface area contributed by atoms with Crippen LogP contribution in [0.15, 0.2) is 36.4 Å². The van der Waals surface area contributed by atoms with Gasteiger partial charge in [-0.1, -0.05) is 25.5 Å². The molecule has 0 spiro atoms. The van der Waals surface area contributed by atoms with Gasteiger partial charge in [0, 0.05) is 11.6 Å². The van der Waals surface area contributed by atoms with Gasteiger partial charge in [0.2, 0.25) is 6.79 Å². The van der Waals surface area contributed by atoms with Crippen molar-refractivity contribution in [2.45, 2.75) is 33.1 Å². The van der Waals surface area contributed by atoms with Crippen LogP contribution in [-0.2, 0) is 16.0 Å². The number of carbonyl (C=O) groups excluding carboxylic acids is 3. The predicted molar refractivity (Wildman–Crippen MR) is 107 cm³/mol. The number of Topliss-reactive ketones (excluding diaryl/α,β-unsaturated/α-hetero) is 1. The van der Waals surface area contributed by atoms with Gasteiger partial charge in [-0.05, 0) is 43.5 Å². The van der Waals surface area contributed by atoms with Gasteiger partial charge in [0.05, 0.1) is 11.3 Å². The SMILES string of the molecule is CCCCc1ccc(C(=O)OCC(=O)Nc2cc3c(cc2C(C)=O)OCO3)cc1. The zero-order chi connectivity index (χ0) is 20.8. The molecule has 0 fully saturated rings. The molecule has 1 heterocycles. The lowest BCUT2D eigenvalue weighted by atomic mass is 10.1. The van der Waals surface area contributed by atoms with Crippen LogP contribution in [0.3, 0.4) is 0 Å². The lowest BCUT2D eigenvalue weighted by Crippen LogP contribution is -2.22. The lowest BCUT2D eigenvalue weighted by molar-refractivity contribution is -0.119. The molecule has 7 heteroatoms. The summed E-state index contributed by atoms with van der Waals surface area (Å²) in [6.45, 7) is 3.10. The molecule has 2 aromatic carbocycles. The second kappa shape index (κ2) is 9.23. The predicted octanol–water partition coefficient (Wildman–Crippen LogP) is 3.76. The Morgan fingerprint density at radius 1 is 1.07 bits per heavy atom. The largest absolute Gasteiger partial charge is 0.454 e. The minimum atomic E-state index is -0.584. The molecule has 0 saturated heterocycles. The van der Waals surface area contributed by atoms with Gasteiger partial charge in [0.15, 0.2) is 23.9 Å². The van der Waals surface area contributed by atoms with E-state index in [0.717, 1.165) is 24.8 Å². The maximum absolute atomic E-state index is 12.2. The number of aryl methyl sites for hydroxylation is 1. The van der Waals surface area contributed by atoms with Gasteiger partial charge in [-0.25, -0.2) is 4.79 Å². The molecule has 1 aliphatic heterocycles. The summed E-state index contributed by atoms with van der Waals surface area (Å²) in [5.74, 6) is -0.495. The van der Waals surface area contributed by atoms with Crippen molar-refractivity contribution >= 4 is 23.3 Å². The topological polar surface area (TPSA) is 90.9 Å². The Morgan fingerprint density at radius 2 is 1.76 bits per heavy atom. The number of hydrogen-bond donors (Lipinski definition) is 1. The molecule has 152 valence electrons. The third-order valence-electron chi connectivity index (χ3n) is 4.51. The van der Waals surface area contributed by atoms with Crippen LogP contribution in [-0.4, -0.2) is 31.1 Å². The van der Waals surface area contributed by atoms with Crippen LogP contribution in [0.2, 0.25) is 0 Å². The van der Waals surface area contributed by atoms with Crippen LogP contribution in [0, 0.1) is 0 Å². The highest BCUT2D eigenvalue weighted by Gasteiger charge is 2.21. The Hall–Kier alpha value is -3.35. The van der Waals surface area contributed by atoms with Crippen molar-refractivity contribution in [1.82, 2.24) is 0 Å². The second-order valence-electron chi connectivity index (χ2n) is 6.73. The molecule has 0 unspecified atom stereocenters. The average Bonchev–Trinajstić information content (AvgIpc) is 3.17. The van der Waals surface area contributed by atoms with Crippen LogP contribution in [0.5, 0.6) is 11.5 Å². The van der Waals surface area contributed by atoms with Crippen LogP contribution < -0.4 is 14.8 Å². The van der Waals surface area contributed by atoms with Crippen molar-refractivity contribution in [3.63, 3.8) is 0 Å². The van der Waals surface area contributed by atoms with E-state index in [-0.39, 0.29) is 23.8 Å². The maximum atomic E-state index is 12.2. The number of hydrogen-bond acceptors (Lipinski definition) is 6. The highest BCUT2D eigenvalue weighted by molar-refractivity contribution is 6.05. The van der Waals surface area contributed by atoms with Crippen molar-refractivity contribution < 1.29 is 28.6 Å². The smallest absolute Gasteiger partial charge is 0.338 e. The molecular weight excluding hydrogens is 374 g/mol. The first-order chi connectivity index (χ1) is 14.0. The summed E-state index contributed by atoms with van der Waals surface area (Å²) in [7, 11) is 0. The summed E-state index contributed by atoms with van der Waals surface area (Å²) in [6.07, 6.45) is 3.15. The molecule has 2 aromatic rings. The molecule has 7 nitrogen and oxygen atoms in total. The number of carbonyl (C=O) groups is 3. The lowest BCUT2D eigenvalue weighted by Gasteiger charge is -2.11. The summed E-state index contributed by atoms with van der Waals surface area (Å²) in [5, 5.41) is 2.59. The number of ether oxygens (including phenoxy) is 3. The van der Waals surface area contributed by atoms with Crippen molar-refractivity contribution in [1.29, 1.82) is 0 Å². The molecular formula is C22H23NO6. The number of rotatable bonds is 8. The molecule has 0 atom stereocenters. The van der Waals surface area contributed by atoms with Crippen molar-refractivity contribution in [2.24, 2.45) is 0 Å². The molecule has 1 amide bonds. The quantitative estimate of drug-likeness (QED) is 0.539. The van der Waals surface area contributed by atoms with Crippen LogP contribution in [0.1, 0.15) is 53.0 Å². The van der Waals surface area contributed by atoms with Gasteiger partial charge in [-0.2, -0.15) is 0 Å². The number of ketones is 1. The van der Waals surface area contributed by atoms with E-state index in [2.05, 4.69) is 12.2 Å². The van der Waals surface area contributed by atoms with E-state index in [1.807, 2.05) is 12.1 Å².